The highest BCUT2D eigenvalue weighted by Crippen LogP contribution is 2.68. The van der Waals surface area contributed by atoms with E-state index in [9.17, 15) is 24.6 Å². The van der Waals surface area contributed by atoms with Gasteiger partial charge >= 0.3 is 11.9 Å². The molecule has 4 N–H and O–H groups in total. The van der Waals surface area contributed by atoms with Gasteiger partial charge in [0.05, 0.1) is 10.8 Å². The first kappa shape index (κ1) is 18.7. The van der Waals surface area contributed by atoms with E-state index in [-0.39, 0.29) is 31.4 Å². The van der Waals surface area contributed by atoms with Gasteiger partial charge < -0.3 is 20.3 Å². The standard InChI is InChI=1S/C15H18N2O5.CH2O2/c1-8-3-16-10(9(2)11(8)18)4-17-6-14(12(19)20)5-15(14,7-17)13(21)22;2-1-3/h3H,4-7H2,1-2H3,(H,16,18)(H,19,20)(H,21,22);1H,(H,2,3)/t14-,15+;. The lowest BCUT2D eigenvalue weighted by Gasteiger charge is -2.20. The van der Waals surface area contributed by atoms with E-state index in [0.29, 0.717) is 23.4 Å². The molecule has 1 aromatic rings. The molecule has 9 nitrogen and oxygen atoms in total. The van der Waals surface area contributed by atoms with Crippen LogP contribution in [0.25, 0.3) is 0 Å². The van der Waals surface area contributed by atoms with E-state index >= 15 is 0 Å². The number of carboxylic acid groups (broad SMARTS) is 3. The molecule has 0 unspecified atom stereocenters. The van der Waals surface area contributed by atoms with Crippen LogP contribution < -0.4 is 5.43 Å². The molecule has 9 heteroatoms. The molecule has 0 aromatic carbocycles. The number of aromatic nitrogens is 1. The predicted molar refractivity (Wildman–Crippen MR) is 85.3 cm³/mol. The number of hydrogen-bond donors (Lipinski definition) is 4. The van der Waals surface area contributed by atoms with Gasteiger partial charge in [0, 0.05) is 42.7 Å². The van der Waals surface area contributed by atoms with Crippen molar-refractivity contribution in [2.75, 3.05) is 13.1 Å². The van der Waals surface area contributed by atoms with Crippen LogP contribution in [-0.2, 0) is 20.9 Å². The number of rotatable bonds is 4. The lowest BCUT2D eigenvalue weighted by molar-refractivity contribution is -0.151. The number of H-pyrrole nitrogens is 1. The average Bonchev–Trinajstić information content (AvgIpc) is 3.08. The molecule has 3 rings (SSSR count). The molecule has 25 heavy (non-hydrogen) atoms. The van der Waals surface area contributed by atoms with Gasteiger partial charge in [0.25, 0.3) is 6.47 Å². The lowest BCUT2D eigenvalue weighted by Crippen LogP contribution is -2.30. The minimum absolute atomic E-state index is 0.0426. The third kappa shape index (κ3) is 2.80. The monoisotopic (exact) mass is 352 g/mol. The minimum atomic E-state index is -1.18. The van der Waals surface area contributed by atoms with Crippen LogP contribution in [0.4, 0.5) is 0 Å². The maximum atomic E-state index is 12.0. The van der Waals surface area contributed by atoms with Crippen molar-refractivity contribution in [2.24, 2.45) is 10.8 Å². The van der Waals surface area contributed by atoms with Crippen LogP contribution in [-0.4, -0.2) is 56.7 Å². The number of pyridine rings is 1. The fourth-order valence-corrected chi connectivity index (χ4v) is 3.70. The summed E-state index contributed by atoms with van der Waals surface area (Å²) in [5.41, 5.74) is -0.490. The second kappa shape index (κ2) is 6.32. The molecule has 1 saturated heterocycles. The van der Waals surface area contributed by atoms with Crippen LogP contribution in [0.1, 0.15) is 23.2 Å². The molecule has 2 atom stereocenters. The molecule has 0 bridgehead atoms. The first-order valence-corrected chi connectivity index (χ1v) is 7.60. The molecule has 2 fully saturated rings. The Morgan fingerprint density at radius 2 is 1.72 bits per heavy atom. The largest absolute Gasteiger partial charge is 0.483 e. The Kier molecular flexibility index (Phi) is 4.72. The van der Waals surface area contributed by atoms with E-state index in [0.717, 1.165) is 0 Å². The van der Waals surface area contributed by atoms with E-state index in [4.69, 9.17) is 9.90 Å². The van der Waals surface area contributed by atoms with E-state index < -0.39 is 22.8 Å². The van der Waals surface area contributed by atoms with Crippen molar-refractivity contribution < 1.29 is 29.7 Å². The van der Waals surface area contributed by atoms with Crippen molar-refractivity contribution in [1.29, 1.82) is 0 Å². The quantitative estimate of drug-likeness (QED) is 0.556. The Morgan fingerprint density at radius 1 is 1.24 bits per heavy atom. The van der Waals surface area contributed by atoms with Gasteiger partial charge in [-0.15, -0.1) is 0 Å². The number of aliphatic carboxylic acids is 2. The molecule has 1 aliphatic heterocycles. The van der Waals surface area contributed by atoms with Gasteiger partial charge in [-0.25, -0.2) is 0 Å². The molecule has 136 valence electrons. The molecule has 2 heterocycles. The molecule has 1 aliphatic carbocycles. The van der Waals surface area contributed by atoms with Gasteiger partial charge in [-0.05, 0) is 20.3 Å². The number of hydrogen-bond acceptors (Lipinski definition) is 5. The Morgan fingerprint density at radius 3 is 2.16 bits per heavy atom. The van der Waals surface area contributed by atoms with Gasteiger partial charge in [0.1, 0.15) is 0 Å². The van der Waals surface area contributed by atoms with Gasteiger partial charge in [-0.2, -0.15) is 0 Å². The zero-order valence-electron chi connectivity index (χ0n) is 13.9. The molecule has 1 aromatic heterocycles. The molecular formula is C16H20N2O7. The topological polar surface area (TPSA) is 148 Å². The third-order valence-corrected chi connectivity index (χ3v) is 5.20. The number of fused-ring (bicyclic) bond motifs is 1. The van der Waals surface area contributed by atoms with Crippen molar-refractivity contribution in [3.05, 3.63) is 33.2 Å². The van der Waals surface area contributed by atoms with Gasteiger partial charge in [0.15, 0.2) is 5.43 Å². The SMILES string of the molecule is Cc1c[nH]c(CN2C[C@@]3(C(=O)O)C[C@@]3(C(=O)O)C2)c(C)c1=O.O=CO. The number of aryl methyl sites for hydroxylation is 1. The number of nitrogens with one attached hydrogen (secondary N) is 1. The minimum Gasteiger partial charge on any atom is -0.483 e. The fraction of sp³-hybridized carbons (Fsp3) is 0.500. The molecule has 0 spiro atoms. The van der Waals surface area contributed by atoms with Crippen LogP contribution in [0.3, 0.4) is 0 Å². The van der Waals surface area contributed by atoms with Crippen molar-refractivity contribution in [1.82, 2.24) is 9.88 Å². The zero-order valence-corrected chi connectivity index (χ0v) is 13.9. The Bertz CT molecular complexity index is 759. The highest BCUT2D eigenvalue weighted by Gasteiger charge is 2.80. The number of carboxylic acids is 2. The molecule has 1 saturated carbocycles. The summed E-state index contributed by atoms with van der Waals surface area (Å²) < 4.78 is 0. The van der Waals surface area contributed by atoms with Crippen molar-refractivity contribution in [3.63, 3.8) is 0 Å². The summed E-state index contributed by atoms with van der Waals surface area (Å²) in [7, 11) is 0. The Balaban J connectivity index is 0.000000701. The molecule has 0 radical (unpaired) electrons. The van der Waals surface area contributed by atoms with Crippen LogP contribution in [0.5, 0.6) is 0 Å². The highest BCUT2D eigenvalue weighted by atomic mass is 16.4. The fourth-order valence-electron chi connectivity index (χ4n) is 3.70. The van der Waals surface area contributed by atoms with E-state index in [1.807, 2.05) is 0 Å². The Hall–Kier alpha value is -2.68. The summed E-state index contributed by atoms with van der Waals surface area (Å²) in [5, 5.41) is 25.7. The van der Waals surface area contributed by atoms with Gasteiger partial charge in [-0.3, -0.25) is 24.1 Å². The number of likely N-dealkylation sites (tertiary alicyclic amines) is 1. The number of piperidine rings is 1. The zero-order chi connectivity index (χ0) is 19.0. The van der Waals surface area contributed by atoms with E-state index in [1.165, 1.54) is 0 Å². The normalized spacial score (nSPS) is 27.0. The van der Waals surface area contributed by atoms with E-state index in [1.54, 1.807) is 24.9 Å². The van der Waals surface area contributed by atoms with Crippen LogP contribution in [0.15, 0.2) is 11.0 Å². The number of nitrogens with zero attached hydrogens (tertiary/aromatic N) is 1. The second-order valence-electron chi connectivity index (χ2n) is 6.61. The summed E-state index contributed by atoms with van der Waals surface area (Å²) in [4.78, 5) is 48.1. The van der Waals surface area contributed by atoms with Crippen molar-refractivity contribution in [3.8, 4) is 0 Å². The van der Waals surface area contributed by atoms with Gasteiger partial charge in [-0.1, -0.05) is 0 Å². The summed E-state index contributed by atoms with van der Waals surface area (Å²) in [6.45, 7) is 3.94. The van der Waals surface area contributed by atoms with Crippen LogP contribution in [0.2, 0.25) is 0 Å². The van der Waals surface area contributed by atoms with Crippen LogP contribution in [0, 0.1) is 24.7 Å². The second-order valence-corrected chi connectivity index (χ2v) is 6.61. The molecule has 2 aliphatic rings. The number of aromatic amines is 1. The summed E-state index contributed by atoms with van der Waals surface area (Å²) in [6.07, 6.45) is 1.81. The molecule has 0 amide bonds. The Labute approximate surface area is 142 Å². The maximum Gasteiger partial charge on any atom is 0.312 e. The van der Waals surface area contributed by atoms with Crippen molar-refractivity contribution >= 4 is 18.4 Å². The maximum absolute atomic E-state index is 12.0. The number of carbonyl (C=O) groups is 3. The predicted octanol–water partition coefficient (Wildman–Crippen LogP) is 0.0538. The summed E-state index contributed by atoms with van der Waals surface area (Å²) in [5.74, 6) is -2.10. The summed E-state index contributed by atoms with van der Waals surface area (Å²) in [6, 6.07) is 0. The summed E-state index contributed by atoms with van der Waals surface area (Å²) >= 11 is 0. The highest BCUT2D eigenvalue weighted by molar-refractivity contribution is 5.94. The smallest absolute Gasteiger partial charge is 0.312 e. The lowest BCUT2D eigenvalue weighted by atomic mass is 9.97. The molecular weight excluding hydrogens is 332 g/mol. The van der Waals surface area contributed by atoms with E-state index in [2.05, 4.69) is 4.98 Å². The first-order valence-electron chi connectivity index (χ1n) is 7.60. The van der Waals surface area contributed by atoms with Gasteiger partial charge in [0.2, 0.25) is 0 Å². The van der Waals surface area contributed by atoms with Crippen LogP contribution >= 0.6 is 0 Å². The first-order chi connectivity index (χ1) is 11.6. The van der Waals surface area contributed by atoms with Crippen molar-refractivity contribution in [2.45, 2.75) is 26.8 Å². The average molecular weight is 352 g/mol. The third-order valence-electron chi connectivity index (χ3n) is 5.20.